The van der Waals surface area contributed by atoms with Crippen molar-refractivity contribution in [1.29, 1.82) is 0 Å². The molecule has 0 unspecified atom stereocenters. The molecule has 1 aromatic heterocycles. The average molecular weight is 477 g/mol. The fourth-order valence-corrected chi connectivity index (χ4v) is 5.08. The van der Waals surface area contributed by atoms with Gasteiger partial charge in [0.2, 0.25) is 0 Å². The number of piperidine rings is 2. The molecule has 186 valence electrons. The SMILES string of the molecule is O=c1c(-c2ccc(OCCN3CCCCC3)cc2)coc2cc(OCCN3CCCCC3)ccc12. The minimum atomic E-state index is -0.0371. The Morgan fingerprint density at radius 1 is 0.714 bits per heavy atom. The third kappa shape index (κ3) is 6.24. The van der Waals surface area contributed by atoms with Gasteiger partial charge in [-0.25, -0.2) is 0 Å². The van der Waals surface area contributed by atoms with E-state index in [1.807, 2.05) is 36.4 Å². The summed E-state index contributed by atoms with van der Waals surface area (Å²) in [5.41, 5.74) is 1.89. The molecule has 6 heteroatoms. The molecule has 3 heterocycles. The van der Waals surface area contributed by atoms with Crippen LogP contribution in [0.15, 0.2) is 57.9 Å². The summed E-state index contributed by atoms with van der Waals surface area (Å²) < 4.78 is 17.7. The highest BCUT2D eigenvalue weighted by Crippen LogP contribution is 2.25. The van der Waals surface area contributed by atoms with E-state index >= 15 is 0 Å². The van der Waals surface area contributed by atoms with Crippen molar-refractivity contribution in [2.24, 2.45) is 0 Å². The highest BCUT2D eigenvalue weighted by molar-refractivity contribution is 5.82. The zero-order valence-corrected chi connectivity index (χ0v) is 20.5. The van der Waals surface area contributed by atoms with Gasteiger partial charge in [0.1, 0.15) is 36.6 Å². The minimum Gasteiger partial charge on any atom is -0.492 e. The van der Waals surface area contributed by atoms with Crippen LogP contribution in [0.5, 0.6) is 11.5 Å². The molecular weight excluding hydrogens is 440 g/mol. The van der Waals surface area contributed by atoms with Crippen molar-refractivity contribution in [3.8, 4) is 22.6 Å². The topological polar surface area (TPSA) is 55.1 Å². The van der Waals surface area contributed by atoms with Crippen LogP contribution in [-0.2, 0) is 0 Å². The first-order valence-corrected chi connectivity index (χ1v) is 13.1. The lowest BCUT2D eigenvalue weighted by atomic mass is 10.1. The van der Waals surface area contributed by atoms with E-state index in [4.69, 9.17) is 13.9 Å². The molecule has 0 bridgehead atoms. The van der Waals surface area contributed by atoms with Gasteiger partial charge in [-0.1, -0.05) is 25.0 Å². The molecule has 2 fully saturated rings. The number of hydrogen-bond donors (Lipinski definition) is 0. The van der Waals surface area contributed by atoms with Gasteiger partial charge in [0, 0.05) is 19.2 Å². The van der Waals surface area contributed by atoms with Crippen molar-refractivity contribution in [3.63, 3.8) is 0 Å². The van der Waals surface area contributed by atoms with Gasteiger partial charge in [0.25, 0.3) is 0 Å². The largest absolute Gasteiger partial charge is 0.492 e. The molecule has 2 aliphatic rings. The van der Waals surface area contributed by atoms with Gasteiger partial charge in [0.05, 0.1) is 10.9 Å². The second-order valence-electron chi connectivity index (χ2n) is 9.66. The number of rotatable bonds is 9. The lowest BCUT2D eigenvalue weighted by molar-refractivity contribution is 0.183. The molecule has 2 saturated heterocycles. The number of hydrogen-bond acceptors (Lipinski definition) is 6. The number of ether oxygens (including phenoxy) is 2. The Morgan fingerprint density at radius 2 is 1.29 bits per heavy atom. The van der Waals surface area contributed by atoms with Crippen LogP contribution in [0.3, 0.4) is 0 Å². The molecule has 6 nitrogen and oxygen atoms in total. The van der Waals surface area contributed by atoms with Crippen molar-refractivity contribution in [2.75, 3.05) is 52.5 Å². The van der Waals surface area contributed by atoms with Gasteiger partial charge in [-0.2, -0.15) is 0 Å². The Hall–Kier alpha value is -2.83. The van der Waals surface area contributed by atoms with E-state index in [-0.39, 0.29) is 5.43 Å². The Bertz CT molecular complexity index is 1150. The molecule has 0 amide bonds. The lowest BCUT2D eigenvalue weighted by Crippen LogP contribution is -2.33. The summed E-state index contributed by atoms with van der Waals surface area (Å²) in [4.78, 5) is 18.1. The van der Waals surface area contributed by atoms with Gasteiger partial charge in [-0.15, -0.1) is 0 Å². The fourth-order valence-electron chi connectivity index (χ4n) is 5.08. The van der Waals surface area contributed by atoms with Crippen LogP contribution >= 0.6 is 0 Å². The predicted octanol–water partition coefficient (Wildman–Crippen LogP) is 5.19. The molecule has 2 aliphatic heterocycles. The monoisotopic (exact) mass is 476 g/mol. The average Bonchev–Trinajstić information content (AvgIpc) is 2.91. The Labute approximate surface area is 207 Å². The number of likely N-dealkylation sites (tertiary alicyclic amines) is 2. The quantitative estimate of drug-likeness (QED) is 0.424. The smallest absolute Gasteiger partial charge is 0.200 e. The summed E-state index contributed by atoms with van der Waals surface area (Å²) in [6, 6.07) is 13.2. The molecule has 0 N–H and O–H groups in total. The van der Waals surface area contributed by atoms with E-state index in [1.165, 1.54) is 51.6 Å². The van der Waals surface area contributed by atoms with E-state index in [9.17, 15) is 4.79 Å². The van der Waals surface area contributed by atoms with Crippen LogP contribution in [0.4, 0.5) is 0 Å². The summed E-state index contributed by atoms with van der Waals surface area (Å²) in [6.45, 7) is 7.87. The number of nitrogens with zero attached hydrogens (tertiary/aromatic N) is 2. The minimum absolute atomic E-state index is 0.0371. The van der Waals surface area contributed by atoms with E-state index in [1.54, 1.807) is 12.3 Å². The molecule has 5 rings (SSSR count). The number of benzene rings is 2. The summed E-state index contributed by atoms with van der Waals surface area (Å²) in [5.74, 6) is 1.55. The van der Waals surface area contributed by atoms with E-state index in [2.05, 4.69) is 9.80 Å². The molecule has 0 saturated carbocycles. The molecule has 0 spiro atoms. The molecule has 3 aromatic rings. The Balaban J connectivity index is 1.19. The third-order valence-corrected chi connectivity index (χ3v) is 7.16. The van der Waals surface area contributed by atoms with Crippen LogP contribution in [0.25, 0.3) is 22.1 Å². The van der Waals surface area contributed by atoms with Crippen LogP contribution in [-0.4, -0.2) is 62.3 Å². The highest BCUT2D eigenvalue weighted by Gasteiger charge is 2.13. The van der Waals surface area contributed by atoms with Crippen molar-refractivity contribution in [3.05, 3.63) is 59.0 Å². The van der Waals surface area contributed by atoms with Gasteiger partial charge in [0.15, 0.2) is 5.43 Å². The Kier molecular flexibility index (Phi) is 8.01. The van der Waals surface area contributed by atoms with Gasteiger partial charge >= 0.3 is 0 Å². The molecule has 0 atom stereocenters. The van der Waals surface area contributed by atoms with Crippen LogP contribution in [0.2, 0.25) is 0 Å². The van der Waals surface area contributed by atoms with Gasteiger partial charge in [-0.3, -0.25) is 14.6 Å². The standard InChI is InChI=1S/C29H36N2O4/c32-29-26-12-11-25(34-20-18-31-15-5-2-6-16-31)21-28(26)35-22-27(29)23-7-9-24(10-8-23)33-19-17-30-13-3-1-4-14-30/h7-12,21-22H,1-6,13-20H2. The zero-order chi connectivity index (χ0) is 23.9. The summed E-state index contributed by atoms with van der Waals surface area (Å²) in [6.07, 6.45) is 9.35. The van der Waals surface area contributed by atoms with Gasteiger partial charge in [-0.05, 0) is 81.7 Å². The first kappa shape index (κ1) is 23.9. The maximum atomic E-state index is 13.1. The summed E-state index contributed by atoms with van der Waals surface area (Å²) >= 11 is 0. The molecule has 35 heavy (non-hydrogen) atoms. The maximum absolute atomic E-state index is 13.1. The predicted molar refractivity (Wildman–Crippen MR) is 139 cm³/mol. The van der Waals surface area contributed by atoms with Crippen molar-refractivity contribution < 1.29 is 13.9 Å². The molecule has 2 aromatic carbocycles. The van der Waals surface area contributed by atoms with E-state index < -0.39 is 0 Å². The van der Waals surface area contributed by atoms with Gasteiger partial charge < -0.3 is 13.9 Å². The normalized spacial score (nSPS) is 17.5. The lowest BCUT2D eigenvalue weighted by Gasteiger charge is -2.26. The van der Waals surface area contributed by atoms with Crippen molar-refractivity contribution in [2.45, 2.75) is 38.5 Å². The fraction of sp³-hybridized carbons (Fsp3) is 0.483. The van der Waals surface area contributed by atoms with Crippen LogP contribution in [0.1, 0.15) is 38.5 Å². The summed E-state index contributed by atoms with van der Waals surface area (Å²) in [5, 5.41) is 0.563. The summed E-state index contributed by atoms with van der Waals surface area (Å²) in [7, 11) is 0. The van der Waals surface area contributed by atoms with E-state index in [0.29, 0.717) is 29.7 Å². The second-order valence-corrected chi connectivity index (χ2v) is 9.66. The molecule has 0 radical (unpaired) electrons. The number of fused-ring (bicyclic) bond motifs is 1. The Morgan fingerprint density at radius 3 is 1.91 bits per heavy atom. The molecule has 0 aliphatic carbocycles. The first-order valence-electron chi connectivity index (χ1n) is 13.1. The van der Waals surface area contributed by atoms with Crippen LogP contribution < -0.4 is 14.9 Å². The highest BCUT2D eigenvalue weighted by atomic mass is 16.5. The second kappa shape index (κ2) is 11.7. The first-order chi connectivity index (χ1) is 17.3. The van der Waals surface area contributed by atoms with Crippen molar-refractivity contribution in [1.82, 2.24) is 9.80 Å². The maximum Gasteiger partial charge on any atom is 0.200 e. The molecular formula is C29H36N2O4. The zero-order valence-electron chi connectivity index (χ0n) is 20.5. The van der Waals surface area contributed by atoms with Crippen LogP contribution in [0, 0.1) is 0 Å². The third-order valence-electron chi connectivity index (χ3n) is 7.16. The van der Waals surface area contributed by atoms with Crippen molar-refractivity contribution >= 4 is 11.0 Å². The van der Waals surface area contributed by atoms with E-state index in [0.717, 1.165) is 43.2 Å².